The highest BCUT2D eigenvalue weighted by molar-refractivity contribution is 7.98. The third-order valence-electron chi connectivity index (χ3n) is 3.35. The second kappa shape index (κ2) is 6.01. The van der Waals surface area contributed by atoms with Crippen molar-refractivity contribution in [1.82, 2.24) is 9.62 Å². The SMILES string of the molecule is CSc1ccc(S(=O)(=O)N(C)C2CCNC2)cc1Cl. The van der Waals surface area contributed by atoms with Crippen LogP contribution in [0.15, 0.2) is 28.0 Å². The van der Waals surface area contributed by atoms with Crippen LogP contribution in [0.2, 0.25) is 5.02 Å². The van der Waals surface area contributed by atoms with Gasteiger partial charge in [0, 0.05) is 24.5 Å². The molecule has 19 heavy (non-hydrogen) atoms. The maximum absolute atomic E-state index is 12.5. The minimum Gasteiger partial charge on any atom is -0.315 e. The Morgan fingerprint density at radius 3 is 2.74 bits per heavy atom. The molecule has 1 saturated heterocycles. The summed E-state index contributed by atoms with van der Waals surface area (Å²) in [6, 6.07) is 4.91. The Kier molecular flexibility index (Phi) is 4.79. The minimum absolute atomic E-state index is 0.0176. The van der Waals surface area contributed by atoms with Crippen molar-refractivity contribution >= 4 is 33.4 Å². The van der Waals surface area contributed by atoms with Crippen molar-refractivity contribution in [3.8, 4) is 0 Å². The topological polar surface area (TPSA) is 49.4 Å². The van der Waals surface area contributed by atoms with E-state index in [1.165, 1.54) is 22.1 Å². The molecule has 0 bridgehead atoms. The van der Waals surface area contributed by atoms with Crippen molar-refractivity contribution in [2.24, 2.45) is 0 Å². The molecule has 0 aromatic heterocycles. The van der Waals surface area contributed by atoms with Crippen molar-refractivity contribution in [3.63, 3.8) is 0 Å². The molecule has 2 rings (SSSR count). The number of thioether (sulfide) groups is 1. The molecule has 106 valence electrons. The van der Waals surface area contributed by atoms with E-state index in [9.17, 15) is 8.42 Å². The molecule has 1 atom stereocenters. The molecule has 1 aromatic rings. The van der Waals surface area contributed by atoms with E-state index in [-0.39, 0.29) is 10.9 Å². The predicted octanol–water partition coefficient (Wildman–Crippen LogP) is 2.04. The first-order valence-electron chi connectivity index (χ1n) is 5.99. The maximum atomic E-state index is 12.5. The van der Waals surface area contributed by atoms with Crippen LogP contribution in [-0.4, -0.2) is 45.2 Å². The Morgan fingerprint density at radius 2 is 2.21 bits per heavy atom. The largest absolute Gasteiger partial charge is 0.315 e. The lowest BCUT2D eigenvalue weighted by atomic mass is 10.3. The fourth-order valence-corrected chi connectivity index (χ4v) is 4.47. The monoisotopic (exact) mass is 320 g/mol. The van der Waals surface area contributed by atoms with E-state index in [4.69, 9.17) is 11.6 Å². The van der Waals surface area contributed by atoms with Gasteiger partial charge in [-0.2, -0.15) is 4.31 Å². The maximum Gasteiger partial charge on any atom is 0.243 e. The molecule has 1 aliphatic heterocycles. The van der Waals surface area contributed by atoms with Gasteiger partial charge in [0.05, 0.1) is 9.92 Å². The number of benzene rings is 1. The number of hydrogen-bond donors (Lipinski definition) is 1. The zero-order chi connectivity index (χ0) is 14.0. The average Bonchev–Trinajstić information content (AvgIpc) is 2.91. The highest BCUT2D eigenvalue weighted by Crippen LogP contribution is 2.29. The quantitative estimate of drug-likeness (QED) is 0.863. The Hall–Kier alpha value is -0.270. The summed E-state index contributed by atoms with van der Waals surface area (Å²) in [5, 5.41) is 3.65. The lowest BCUT2D eigenvalue weighted by Gasteiger charge is -2.23. The molecule has 1 aromatic carbocycles. The summed E-state index contributed by atoms with van der Waals surface area (Å²) >= 11 is 7.58. The van der Waals surface area contributed by atoms with Gasteiger partial charge in [-0.25, -0.2) is 8.42 Å². The van der Waals surface area contributed by atoms with Crippen LogP contribution in [0.4, 0.5) is 0 Å². The van der Waals surface area contributed by atoms with Crippen LogP contribution in [0.5, 0.6) is 0 Å². The zero-order valence-corrected chi connectivity index (χ0v) is 13.3. The van der Waals surface area contributed by atoms with Crippen LogP contribution < -0.4 is 5.32 Å². The van der Waals surface area contributed by atoms with Crippen LogP contribution in [0.1, 0.15) is 6.42 Å². The molecular weight excluding hydrogens is 304 g/mol. The van der Waals surface area contributed by atoms with Gasteiger partial charge in [0.2, 0.25) is 10.0 Å². The summed E-state index contributed by atoms with van der Waals surface area (Å²) in [6.45, 7) is 1.56. The Labute approximate surface area is 123 Å². The molecule has 1 unspecified atom stereocenters. The Balaban J connectivity index is 2.30. The molecule has 1 aliphatic rings. The highest BCUT2D eigenvalue weighted by Gasteiger charge is 2.30. The van der Waals surface area contributed by atoms with E-state index < -0.39 is 10.0 Å². The molecule has 1 fully saturated rings. The van der Waals surface area contributed by atoms with Crippen LogP contribution in [-0.2, 0) is 10.0 Å². The predicted molar refractivity (Wildman–Crippen MR) is 79.5 cm³/mol. The van der Waals surface area contributed by atoms with Gasteiger partial charge in [-0.1, -0.05) is 11.6 Å². The van der Waals surface area contributed by atoms with E-state index in [0.717, 1.165) is 17.9 Å². The van der Waals surface area contributed by atoms with Crippen LogP contribution >= 0.6 is 23.4 Å². The zero-order valence-electron chi connectivity index (χ0n) is 10.9. The average molecular weight is 321 g/mol. The van der Waals surface area contributed by atoms with Gasteiger partial charge in [-0.05, 0) is 37.4 Å². The van der Waals surface area contributed by atoms with Crippen molar-refractivity contribution < 1.29 is 8.42 Å². The summed E-state index contributed by atoms with van der Waals surface area (Å²) in [5.74, 6) is 0. The first-order chi connectivity index (χ1) is 8.96. The molecule has 7 heteroatoms. The molecule has 0 amide bonds. The van der Waals surface area contributed by atoms with Gasteiger partial charge in [-0.15, -0.1) is 11.8 Å². The smallest absolute Gasteiger partial charge is 0.243 e. The molecule has 0 saturated carbocycles. The molecule has 0 radical (unpaired) electrons. The van der Waals surface area contributed by atoms with Gasteiger partial charge < -0.3 is 5.32 Å². The van der Waals surface area contributed by atoms with Crippen LogP contribution in [0.3, 0.4) is 0 Å². The van der Waals surface area contributed by atoms with Gasteiger partial charge in [0.25, 0.3) is 0 Å². The van der Waals surface area contributed by atoms with E-state index in [0.29, 0.717) is 11.6 Å². The number of likely N-dealkylation sites (N-methyl/N-ethyl adjacent to an activating group) is 1. The summed E-state index contributed by atoms with van der Waals surface area (Å²) in [7, 11) is -1.84. The molecule has 1 N–H and O–H groups in total. The second-order valence-corrected chi connectivity index (χ2v) is 7.72. The van der Waals surface area contributed by atoms with Gasteiger partial charge >= 0.3 is 0 Å². The van der Waals surface area contributed by atoms with Crippen molar-refractivity contribution in [2.75, 3.05) is 26.4 Å². The second-order valence-electron chi connectivity index (χ2n) is 4.46. The standard InChI is InChI=1S/C12H17ClN2O2S2/c1-15(9-5-6-14-8-9)19(16,17)10-3-4-12(18-2)11(13)7-10/h3-4,7,9,14H,5-6,8H2,1-2H3. The third kappa shape index (κ3) is 3.08. The number of rotatable bonds is 4. The molecule has 0 spiro atoms. The van der Waals surface area contributed by atoms with Crippen molar-refractivity contribution in [3.05, 3.63) is 23.2 Å². The van der Waals surface area contributed by atoms with E-state index in [1.54, 1.807) is 19.2 Å². The number of nitrogens with one attached hydrogen (secondary N) is 1. The molecule has 4 nitrogen and oxygen atoms in total. The number of halogens is 1. The van der Waals surface area contributed by atoms with Crippen LogP contribution in [0.25, 0.3) is 0 Å². The number of sulfonamides is 1. The Bertz CT molecular complexity index is 557. The molecule has 0 aliphatic carbocycles. The molecule has 1 heterocycles. The summed E-state index contributed by atoms with van der Waals surface area (Å²) < 4.78 is 26.4. The van der Waals surface area contributed by atoms with Crippen LogP contribution in [0, 0.1) is 0 Å². The minimum atomic E-state index is -3.47. The van der Waals surface area contributed by atoms with E-state index >= 15 is 0 Å². The number of nitrogens with zero attached hydrogens (tertiary/aromatic N) is 1. The van der Waals surface area contributed by atoms with E-state index in [2.05, 4.69) is 5.32 Å². The number of hydrogen-bond acceptors (Lipinski definition) is 4. The highest BCUT2D eigenvalue weighted by atomic mass is 35.5. The lowest BCUT2D eigenvalue weighted by molar-refractivity contribution is 0.387. The van der Waals surface area contributed by atoms with Crippen molar-refractivity contribution in [2.45, 2.75) is 22.3 Å². The fraction of sp³-hybridized carbons (Fsp3) is 0.500. The lowest BCUT2D eigenvalue weighted by Crippen LogP contribution is -2.38. The normalized spacial score (nSPS) is 20.1. The third-order valence-corrected chi connectivity index (χ3v) is 6.48. The van der Waals surface area contributed by atoms with Gasteiger partial charge in [-0.3, -0.25) is 0 Å². The van der Waals surface area contributed by atoms with Crippen molar-refractivity contribution in [1.29, 1.82) is 0 Å². The summed E-state index contributed by atoms with van der Waals surface area (Å²) in [5.41, 5.74) is 0. The Morgan fingerprint density at radius 1 is 1.47 bits per heavy atom. The summed E-state index contributed by atoms with van der Waals surface area (Å²) in [4.78, 5) is 1.13. The van der Waals surface area contributed by atoms with Gasteiger partial charge in [0.1, 0.15) is 0 Å². The van der Waals surface area contributed by atoms with Gasteiger partial charge in [0.15, 0.2) is 0 Å². The first kappa shape index (κ1) is 15.1. The van der Waals surface area contributed by atoms with E-state index in [1.807, 2.05) is 6.26 Å². The molecular formula is C12H17ClN2O2S2. The fourth-order valence-electron chi connectivity index (χ4n) is 2.12. The summed E-state index contributed by atoms with van der Waals surface area (Å²) in [6.07, 6.45) is 2.75. The first-order valence-corrected chi connectivity index (χ1v) is 9.03.